The highest BCUT2D eigenvalue weighted by atomic mass is 32.1. The summed E-state index contributed by atoms with van der Waals surface area (Å²) >= 11 is 1.50. The van der Waals surface area contributed by atoms with Crippen molar-refractivity contribution in [2.24, 2.45) is 0 Å². The predicted octanol–water partition coefficient (Wildman–Crippen LogP) is 4.00. The van der Waals surface area contributed by atoms with Gasteiger partial charge in [0.25, 0.3) is 0 Å². The molecular weight excluding hydrogens is 299 g/mol. The van der Waals surface area contributed by atoms with Gasteiger partial charge in [0, 0.05) is 11.4 Å². The number of nitrogens with one attached hydrogen (secondary N) is 1. The number of aromatic nitrogens is 3. The zero-order chi connectivity index (χ0) is 15.1. The zero-order valence-corrected chi connectivity index (χ0v) is 12.7. The minimum atomic E-state index is -0.287. The molecule has 1 N–H and O–H groups in total. The van der Waals surface area contributed by atoms with Crippen molar-refractivity contribution >= 4 is 32.8 Å². The lowest BCUT2D eigenvalue weighted by atomic mass is 10.2. The second-order valence-electron chi connectivity index (χ2n) is 5.10. The van der Waals surface area contributed by atoms with Crippen LogP contribution in [0.4, 0.5) is 10.1 Å². The highest BCUT2D eigenvalue weighted by molar-refractivity contribution is 7.18. The Kier molecular flexibility index (Phi) is 3.04. The van der Waals surface area contributed by atoms with Gasteiger partial charge in [-0.15, -0.1) is 11.3 Å². The first-order valence-electron chi connectivity index (χ1n) is 6.91. The van der Waals surface area contributed by atoms with Crippen LogP contribution in [0.25, 0.3) is 15.7 Å². The number of fused-ring (bicyclic) bond motifs is 2. The van der Waals surface area contributed by atoms with Crippen molar-refractivity contribution in [3.63, 3.8) is 0 Å². The van der Waals surface area contributed by atoms with Gasteiger partial charge in [-0.1, -0.05) is 6.07 Å². The van der Waals surface area contributed by atoms with Crippen molar-refractivity contribution in [2.75, 3.05) is 5.32 Å². The van der Waals surface area contributed by atoms with E-state index in [0.717, 1.165) is 26.6 Å². The van der Waals surface area contributed by atoms with E-state index in [-0.39, 0.29) is 5.82 Å². The van der Waals surface area contributed by atoms with Crippen molar-refractivity contribution in [3.8, 4) is 0 Å². The summed E-state index contributed by atoms with van der Waals surface area (Å²) in [6.07, 6.45) is 3.60. The summed E-state index contributed by atoms with van der Waals surface area (Å²) in [5.41, 5.74) is 3.31. The van der Waals surface area contributed by atoms with Crippen LogP contribution in [0, 0.1) is 12.7 Å². The lowest BCUT2D eigenvalue weighted by Gasteiger charge is -2.09. The van der Waals surface area contributed by atoms with Gasteiger partial charge in [-0.25, -0.2) is 14.4 Å². The Balaban J connectivity index is 1.65. The molecule has 0 atom stereocenters. The molecular formula is C16H13FN4S. The van der Waals surface area contributed by atoms with Crippen LogP contribution in [0.3, 0.4) is 0 Å². The van der Waals surface area contributed by atoms with E-state index >= 15 is 0 Å². The number of thiazole rings is 1. The maximum Gasteiger partial charge on any atom is 0.152 e. The second-order valence-corrected chi connectivity index (χ2v) is 6.33. The first kappa shape index (κ1) is 13.2. The van der Waals surface area contributed by atoms with E-state index < -0.39 is 0 Å². The van der Waals surface area contributed by atoms with Gasteiger partial charge in [-0.3, -0.25) is 0 Å². The fourth-order valence-corrected chi connectivity index (χ4v) is 3.43. The lowest BCUT2D eigenvalue weighted by Crippen LogP contribution is -2.04. The molecule has 0 aliphatic heterocycles. The van der Waals surface area contributed by atoms with E-state index in [1.807, 2.05) is 41.8 Å². The fraction of sp³-hybridized carbons (Fsp3) is 0.125. The number of hydrogen-bond donors (Lipinski definition) is 1. The molecule has 4 rings (SSSR count). The largest absolute Gasteiger partial charge is 0.379 e. The molecule has 0 saturated heterocycles. The normalized spacial score (nSPS) is 11.4. The maximum atomic E-state index is 14.1. The minimum absolute atomic E-state index is 0.287. The number of benzene rings is 1. The van der Waals surface area contributed by atoms with Crippen molar-refractivity contribution < 1.29 is 4.39 Å². The van der Waals surface area contributed by atoms with E-state index in [2.05, 4.69) is 15.3 Å². The third kappa shape index (κ3) is 2.21. The van der Waals surface area contributed by atoms with Crippen LogP contribution in [-0.4, -0.2) is 14.4 Å². The van der Waals surface area contributed by atoms with Crippen molar-refractivity contribution in [3.05, 3.63) is 59.4 Å². The average Bonchev–Trinajstić information content (AvgIpc) is 3.11. The molecule has 4 aromatic rings. The molecule has 0 aliphatic rings. The second kappa shape index (κ2) is 5.06. The lowest BCUT2D eigenvalue weighted by molar-refractivity contribution is 0.637. The SMILES string of the molecule is Cc1nc2c(F)cc(NCc3cccc4cncn34)cc2s1. The van der Waals surface area contributed by atoms with Crippen molar-refractivity contribution in [1.82, 2.24) is 14.4 Å². The molecule has 0 bridgehead atoms. The summed E-state index contributed by atoms with van der Waals surface area (Å²) in [4.78, 5) is 8.35. The van der Waals surface area contributed by atoms with Gasteiger partial charge in [-0.05, 0) is 31.2 Å². The highest BCUT2D eigenvalue weighted by Gasteiger charge is 2.09. The first-order chi connectivity index (χ1) is 10.7. The molecule has 0 radical (unpaired) electrons. The van der Waals surface area contributed by atoms with Gasteiger partial charge in [0.2, 0.25) is 0 Å². The van der Waals surface area contributed by atoms with E-state index in [1.54, 1.807) is 6.33 Å². The number of rotatable bonds is 3. The van der Waals surface area contributed by atoms with Gasteiger partial charge in [0.05, 0.1) is 34.3 Å². The predicted molar refractivity (Wildman–Crippen MR) is 86.8 cm³/mol. The Morgan fingerprint density at radius 2 is 2.23 bits per heavy atom. The topological polar surface area (TPSA) is 42.2 Å². The van der Waals surface area contributed by atoms with Gasteiger partial charge in [0.1, 0.15) is 5.52 Å². The Labute approximate surface area is 130 Å². The molecule has 0 fully saturated rings. The minimum Gasteiger partial charge on any atom is -0.379 e. The molecule has 3 aromatic heterocycles. The molecule has 0 unspecified atom stereocenters. The van der Waals surface area contributed by atoms with Gasteiger partial charge in [-0.2, -0.15) is 0 Å². The number of pyridine rings is 1. The Hall–Kier alpha value is -2.47. The average molecular weight is 312 g/mol. The Bertz CT molecular complexity index is 973. The van der Waals surface area contributed by atoms with Gasteiger partial charge >= 0.3 is 0 Å². The molecule has 0 aliphatic carbocycles. The molecule has 0 saturated carbocycles. The highest BCUT2D eigenvalue weighted by Crippen LogP contribution is 2.27. The van der Waals surface area contributed by atoms with Crippen molar-refractivity contribution in [2.45, 2.75) is 13.5 Å². The first-order valence-corrected chi connectivity index (χ1v) is 7.73. The number of hydrogen-bond acceptors (Lipinski definition) is 4. The van der Waals surface area contributed by atoms with Crippen molar-refractivity contribution in [1.29, 1.82) is 0 Å². The molecule has 0 amide bonds. The van der Waals surface area contributed by atoms with E-state index in [1.165, 1.54) is 17.4 Å². The van der Waals surface area contributed by atoms with E-state index in [9.17, 15) is 4.39 Å². The number of anilines is 1. The number of aryl methyl sites for hydroxylation is 1. The summed E-state index contributed by atoms with van der Waals surface area (Å²) in [7, 11) is 0. The van der Waals surface area contributed by atoms with Gasteiger partial charge in [0.15, 0.2) is 5.82 Å². The monoisotopic (exact) mass is 312 g/mol. The number of halogens is 1. The Morgan fingerprint density at radius 3 is 3.14 bits per heavy atom. The summed E-state index contributed by atoms with van der Waals surface area (Å²) in [5, 5.41) is 4.15. The molecule has 0 spiro atoms. The molecule has 6 heteroatoms. The summed E-state index contributed by atoms with van der Waals surface area (Å²) in [6, 6.07) is 9.45. The molecule has 4 nitrogen and oxygen atoms in total. The van der Waals surface area contributed by atoms with Crippen LogP contribution in [0.15, 0.2) is 42.9 Å². The number of nitrogens with zero attached hydrogens (tertiary/aromatic N) is 3. The molecule has 1 aromatic carbocycles. The standard InChI is InChI=1S/C16H13FN4S/c1-10-20-16-14(17)5-11(6-15(16)22-10)19-8-13-4-2-3-12-7-18-9-21(12)13/h2-7,9,19H,8H2,1H3. The van der Waals surface area contributed by atoms with Crippen LogP contribution in [0.2, 0.25) is 0 Å². The molecule has 3 heterocycles. The van der Waals surface area contributed by atoms with Crippen LogP contribution in [-0.2, 0) is 6.54 Å². The van der Waals surface area contributed by atoms with E-state index in [4.69, 9.17) is 0 Å². The number of imidazole rings is 1. The van der Waals surface area contributed by atoms with Crippen LogP contribution < -0.4 is 5.32 Å². The maximum absolute atomic E-state index is 14.1. The van der Waals surface area contributed by atoms with Crippen LogP contribution in [0.5, 0.6) is 0 Å². The smallest absolute Gasteiger partial charge is 0.152 e. The molecule has 110 valence electrons. The van der Waals surface area contributed by atoms with Crippen LogP contribution >= 0.6 is 11.3 Å². The fourth-order valence-electron chi connectivity index (χ4n) is 2.54. The van der Waals surface area contributed by atoms with Crippen LogP contribution in [0.1, 0.15) is 10.7 Å². The van der Waals surface area contributed by atoms with E-state index in [0.29, 0.717) is 12.1 Å². The summed E-state index contributed by atoms with van der Waals surface area (Å²) in [6.45, 7) is 2.48. The third-order valence-corrected chi connectivity index (χ3v) is 4.48. The summed E-state index contributed by atoms with van der Waals surface area (Å²) < 4.78 is 17.0. The molecule has 22 heavy (non-hydrogen) atoms. The zero-order valence-electron chi connectivity index (χ0n) is 11.9. The summed E-state index contributed by atoms with van der Waals surface area (Å²) in [5.74, 6) is -0.287. The quantitative estimate of drug-likeness (QED) is 0.621. The van der Waals surface area contributed by atoms with Gasteiger partial charge < -0.3 is 9.72 Å². The Morgan fingerprint density at radius 1 is 1.32 bits per heavy atom. The third-order valence-electron chi connectivity index (χ3n) is 3.56.